The number of nitrogens with one attached hydrogen (secondary N) is 1. The molecule has 1 fully saturated rings. The van der Waals surface area contributed by atoms with E-state index in [1.807, 2.05) is 48.5 Å². The Hall–Kier alpha value is -2.67. The molecule has 30 heavy (non-hydrogen) atoms. The molecule has 2 aliphatic rings. The van der Waals surface area contributed by atoms with Gasteiger partial charge in [0.2, 0.25) is 5.91 Å². The molecular weight excluding hydrogens is 396 g/mol. The lowest BCUT2D eigenvalue weighted by Crippen LogP contribution is -2.44. The Bertz CT molecular complexity index is 969. The summed E-state index contributed by atoms with van der Waals surface area (Å²) in [7, 11) is 0. The van der Waals surface area contributed by atoms with Crippen molar-refractivity contribution in [3.05, 3.63) is 82.0 Å². The zero-order valence-corrected chi connectivity index (χ0v) is 17.4. The van der Waals surface area contributed by atoms with Crippen molar-refractivity contribution >= 4 is 17.2 Å². The second-order valence-corrected chi connectivity index (χ2v) is 8.51. The lowest BCUT2D eigenvalue weighted by Gasteiger charge is -2.34. The van der Waals surface area contributed by atoms with E-state index in [4.69, 9.17) is 9.47 Å². The molecule has 2 aliphatic heterocycles. The van der Waals surface area contributed by atoms with Gasteiger partial charge in [-0.25, -0.2) is 0 Å². The van der Waals surface area contributed by atoms with Gasteiger partial charge in [-0.05, 0) is 23.6 Å². The number of benzene rings is 2. The zero-order valence-electron chi connectivity index (χ0n) is 16.6. The Morgan fingerprint density at radius 2 is 1.67 bits per heavy atom. The van der Waals surface area contributed by atoms with Crippen LogP contribution in [0.1, 0.15) is 28.0 Å². The summed E-state index contributed by atoms with van der Waals surface area (Å²) in [5.41, 5.74) is 1.82. The van der Waals surface area contributed by atoms with Gasteiger partial charge in [-0.2, -0.15) is 0 Å². The van der Waals surface area contributed by atoms with Gasteiger partial charge in [-0.3, -0.25) is 9.69 Å². The van der Waals surface area contributed by atoms with Gasteiger partial charge in [0, 0.05) is 35.6 Å². The van der Waals surface area contributed by atoms with Crippen molar-refractivity contribution in [1.29, 1.82) is 0 Å². The van der Waals surface area contributed by atoms with Crippen LogP contribution in [0.5, 0.6) is 11.5 Å². The number of para-hydroxylation sites is 2. The summed E-state index contributed by atoms with van der Waals surface area (Å²) < 4.78 is 11.6. The monoisotopic (exact) mass is 420 g/mol. The molecule has 0 radical (unpaired) electrons. The van der Waals surface area contributed by atoms with Crippen LogP contribution in [0, 0.1) is 0 Å². The van der Waals surface area contributed by atoms with Gasteiger partial charge >= 0.3 is 0 Å². The Balaban J connectivity index is 1.40. The SMILES string of the molecule is O=C(NC[C@@H](c1cccs1)N1CCOCC1)C1c2ccccc2Oc2ccccc21. The number of hydrogen-bond acceptors (Lipinski definition) is 5. The van der Waals surface area contributed by atoms with Crippen molar-refractivity contribution in [3.8, 4) is 11.5 Å². The van der Waals surface area contributed by atoms with Crippen molar-refractivity contribution < 1.29 is 14.3 Å². The number of fused-ring (bicyclic) bond motifs is 2. The van der Waals surface area contributed by atoms with E-state index in [2.05, 4.69) is 27.7 Å². The van der Waals surface area contributed by atoms with E-state index in [-0.39, 0.29) is 17.9 Å². The van der Waals surface area contributed by atoms with Crippen molar-refractivity contribution in [2.24, 2.45) is 0 Å². The maximum atomic E-state index is 13.5. The van der Waals surface area contributed by atoms with E-state index in [1.54, 1.807) is 11.3 Å². The molecule has 1 N–H and O–H groups in total. The van der Waals surface area contributed by atoms with Crippen molar-refractivity contribution in [1.82, 2.24) is 10.2 Å². The topological polar surface area (TPSA) is 50.8 Å². The maximum absolute atomic E-state index is 13.5. The third kappa shape index (κ3) is 3.74. The molecule has 0 aliphatic carbocycles. The highest BCUT2D eigenvalue weighted by molar-refractivity contribution is 7.10. The molecule has 2 aromatic carbocycles. The Morgan fingerprint density at radius 1 is 1.00 bits per heavy atom. The Kier molecular flexibility index (Phi) is 5.53. The molecule has 0 bridgehead atoms. The average Bonchev–Trinajstić information content (AvgIpc) is 3.33. The molecule has 6 heteroatoms. The van der Waals surface area contributed by atoms with Crippen LogP contribution in [0.2, 0.25) is 0 Å². The van der Waals surface area contributed by atoms with E-state index in [0.717, 1.165) is 48.9 Å². The van der Waals surface area contributed by atoms with Crippen LogP contribution in [0.4, 0.5) is 0 Å². The first-order chi connectivity index (χ1) is 14.8. The largest absolute Gasteiger partial charge is 0.457 e. The van der Waals surface area contributed by atoms with Crippen LogP contribution in [-0.4, -0.2) is 43.7 Å². The molecule has 1 amide bonds. The number of morpholine rings is 1. The summed E-state index contributed by atoms with van der Waals surface area (Å²) >= 11 is 1.74. The third-order valence-electron chi connectivity index (χ3n) is 5.77. The number of hydrogen-bond donors (Lipinski definition) is 1. The molecule has 1 aromatic heterocycles. The van der Waals surface area contributed by atoms with Gasteiger partial charge < -0.3 is 14.8 Å². The Labute approximate surface area is 180 Å². The maximum Gasteiger partial charge on any atom is 0.232 e. The normalized spacial score (nSPS) is 17.5. The highest BCUT2D eigenvalue weighted by Crippen LogP contribution is 2.44. The molecule has 5 nitrogen and oxygen atoms in total. The molecule has 5 rings (SSSR count). The molecule has 154 valence electrons. The summed E-state index contributed by atoms with van der Waals surface area (Å²) in [6.45, 7) is 3.79. The number of ether oxygens (including phenoxy) is 2. The minimum atomic E-state index is -0.375. The van der Waals surface area contributed by atoms with E-state index in [9.17, 15) is 4.79 Å². The van der Waals surface area contributed by atoms with E-state index >= 15 is 0 Å². The molecule has 1 saturated heterocycles. The highest BCUT2D eigenvalue weighted by atomic mass is 32.1. The van der Waals surface area contributed by atoms with Gasteiger partial charge in [0.05, 0.1) is 25.2 Å². The van der Waals surface area contributed by atoms with Crippen LogP contribution < -0.4 is 10.1 Å². The molecule has 3 aromatic rings. The molecular formula is C24H24N2O3S. The van der Waals surface area contributed by atoms with E-state index < -0.39 is 0 Å². The van der Waals surface area contributed by atoms with Crippen molar-refractivity contribution in [2.45, 2.75) is 12.0 Å². The second kappa shape index (κ2) is 8.60. The molecule has 1 atom stereocenters. The standard InChI is InChI=1S/C24H24N2O3S/c27-24(25-16-19(22-10-5-15-30-22)26-11-13-28-14-12-26)23-17-6-1-3-8-20(17)29-21-9-4-2-7-18(21)23/h1-10,15,19,23H,11-14,16H2,(H,25,27)/t19-/m0/s1. The highest BCUT2D eigenvalue weighted by Gasteiger charge is 2.33. The first kappa shape index (κ1) is 19.3. The number of thiophene rings is 1. The summed E-state index contributed by atoms with van der Waals surface area (Å²) in [6.07, 6.45) is 0. The minimum Gasteiger partial charge on any atom is -0.457 e. The Morgan fingerprint density at radius 3 is 2.30 bits per heavy atom. The predicted molar refractivity (Wildman–Crippen MR) is 117 cm³/mol. The van der Waals surface area contributed by atoms with Crippen LogP contribution in [0.15, 0.2) is 66.0 Å². The zero-order chi connectivity index (χ0) is 20.3. The predicted octanol–water partition coefficient (Wildman–Crippen LogP) is 4.18. The third-order valence-corrected chi connectivity index (χ3v) is 6.74. The fourth-order valence-corrected chi connectivity index (χ4v) is 5.13. The molecule has 3 heterocycles. The fraction of sp³-hybridized carbons (Fsp3) is 0.292. The van der Waals surface area contributed by atoms with E-state index in [0.29, 0.717) is 6.54 Å². The molecule has 0 unspecified atom stereocenters. The minimum absolute atomic E-state index is 0.00742. The van der Waals surface area contributed by atoms with Gasteiger partial charge in [0.15, 0.2) is 0 Å². The average molecular weight is 421 g/mol. The summed E-state index contributed by atoms with van der Waals surface area (Å²) in [5, 5.41) is 5.34. The van der Waals surface area contributed by atoms with Crippen LogP contribution in [0.3, 0.4) is 0 Å². The number of nitrogens with zero attached hydrogens (tertiary/aromatic N) is 1. The van der Waals surface area contributed by atoms with E-state index in [1.165, 1.54) is 4.88 Å². The molecule has 0 saturated carbocycles. The van der Waals surface area contributed by atoms with Gasteiger partial charge in [0.25, 0.3) is 0 Å². The smallest absolute Gasteiger partial charge is 0.232 e. The van der Waals surface area contributed by atoms with Crippen molar-refractivity contribution in [2.75, 3.05) is 32.8 Å². The molecule has 0 spiro atoms. The number of rotatable bonds is 5. The van der Waals surface area contributed by atoms with Gasteiger partial charge in [-0.1, -0.05) is 42.5 Å². The summed E-state index contributed by atoms with van der Waals surface area (Å²) in [6, 6.07) is 20.0. The van der Waals surface area contributed by atoms with Gasteiger partial charge in [0.1, 0.15) is 11.5 Å². The first-order valence-electron chi connectivity index (χ1n) is 10.3. The van der Waals surface area contributed by atoms with Crippen molar-refractivity contribution in [3.63, 3.8) is 0 Å². The van der Waals surface area contributed by atoms with Crippen LogP contribution in [0.25, 0.3) is 0 Å². The van der Waals surface area contributed by atoms with Gasteiger partial charge in [-0.15, -0.1) is 11.3 Å². The second-order valence-electron chi connectivity index (χ2n) is 7.54. The first-order valence-corrected chi connectivity index (χ1v) is 11.2. The number of amides is 1. The number of carbonyl (C=O) groups excluding carboxylic acids is 1. The summed E-state index contributed by atoms with van der Waals surface area (Å²) in [5.74, 6) is 1.13. The summed E-state index contributed by atoms with van der Waals surface area (Å²) in [4.78, 5) is 17.1. The van der Waals surface area contributed by atoms with Crippen LogP contribution >= 0.6 is 11.3 Å². The lowest BCUT2D eigenvalue weighted by atomic mass is 9.87. The quantitative estimate of drug-likeness (QED) is 0.673. The fourth-order valence-electron chi connectivity index (χ4n) is 4.27. The number of carbonyl (C=O) groups is 1. The lowest BCUT2D eigenvalue weighted by molar-refractivity contribution is -0.122. The van der Waals surface area contributed by atoms with Crippen LogP contribution in [-0.2, 0) is 9.53 Å².